The lowest BCUT2D eigenvalue weighted by Crippen LogP contribution is -2.34. The standard InChI is InChI=1S/C19H28N2O3/c1-4-20-17(22)16-10-12-21(13-16)18(23)15-7-5-14(6-8-15)9-11-19(2,3)24/h5-8,16,24H,4,9-13H2,1-3H3,(H,20,22)/t16-/m1/s1. The highest BCUT2D eigenvalue weighted by Crippen LogP contribution is 2.20. The predicted octanol–water partition coefficient (Wildman–Crippen LogP) is 1.99. The number of nitrogens with zero attached hydrogens (tertiary/aromatic N) is 1. The van der Waals surface area contributed by atoms with E-state index >= 15 is 0 Å². The van der Waals surface area contributed by atoms with Crippen LogP contribution in [0, 0.1) is 5.92 Å². The maximum atomic E-state index is 12.6. The van der Waals surface area contributed by atoms with Gasteiger partial charge in [0.25, 0.3) is 5.91 Å². The van der Waals surface area contributed by atoms with Crippen molar-refractivity contribution in [2.24, 2.45) is 5.92 Å². The first kappa shape index (κ1) is 18.5. The summed E-state index contributed by atoms with van der Waals surface area (Å²) in [6.45, 7) is 7.23. The molecule has 0 unspecified atom stereocenters. The van der Waals surface area contributed by atoms with Crippen LogP contribution in [0.25, 0.3) is 0 Å². The Morgan fingerprint density at radius 2 is 1.96 bits per heavy atom. The van der Waals surface area contributed by atoms with Crippen LogP contribution in [-0.2, 0) is 11.2 Å². The first-order chi connectivity index (χ1) is 11.3. The van der Waals surface area contributed by atoms with Gasteiger partial charge in [-0.3, -0.25) is 9.59 Å². The van der Waals surface area contributed by atoms with E-state index < -0.39 is 5.60 Å². The fourth-order valence-corrected chi connectivity index (χ4v) is 2.92. The number of hydrogen-bond acceptors (Lipinski definition) is 3. The average Bonchev–Trinajstić information content (AvgIpc) is 3.02. The quantitative estimate of drug-likeness (QED) is 0.837. The van der Waals surface area contributed by atoms with Gasteiger partial charge in [-0.1, -0.05) is 12.1 Å². The van der Waals surface area contributed by atoms with Crippen molar-refractivity contribution in [3.63, 3.8) is 0 Å². The zero-order valence-corrected chi connectivity index (χ0v) is 14.8. The summed E-state index contributed by atoms with van der Waals surface area (Å²) in [5.41, 5.74) is 1.08. The van der Waals surface area contributed by atoms with Gasteiger partial charge >= 0.3 is 0 Å². The maximum Gasteiger partial charge on any atom is 0.253 e. The van der Waals surface area contributed by atoms with Crippen LogP contribution in [0.2, 0.25) is 0 Å². The van der Waals surface area contributed by atoms with Crippen molar-refractivity contribution in [1.82, 2.24) is 10.2 Å². The van der Waals surface area contributed by atoms with Gasteiger partial charge in [-0.05, 0) is 57.7 Å². The summed E-state index contributed by atoms with van der Waals surface area (Å²) >= 11 is 0. The van der Waals surface area contributed by atoms with E-state index in [9.17, 15) is 14.7 Å². The first-order valence-electron chi connectivity index (χ1n) is 8.68. The number of aliphatic hydroxyl groups is 1. The number of nitrogens with one attached hydrogen (secondary N) is 1. The van der Waals surface area contributed by atoms with Gasteiger partial charge in [0.15, 0.2) is 0 Å². The largest absolute Gasteiger partial charge is 0.390 e. The fraction of sp³-hybridized carbons (Fsp3) is 0.579. The second-order valence-electron chi connectivity index (χ2n) is 7.14. The minimum Gasteiger partial charge on any atom is -0.390 e. The Hall–Kier alpha value is -1.88. The summed E-state index contributed by atoms with van der Waals surface area (Å²) in [7, 11) is 0. The number of benzene rings is 1. The van der Waals surface area contributed by atoms with Crippen molar-refractivity contribution in [2.45, 2.75) is 45.6 Å². The molecule has 2 N–H and O–H groups in total. The van der Waals surface area contributed by atoms with E-state index in [0.29, 0.717) is 31.6 Å². The molecular formula is C19H28N2O3. The molecule has 1 aromatic rings. The third kappa shape index (κ3) is 5.06. The Labute approximate surface area is 144 Å². The van der Waals surface area contributed by atoms with Gasteiger partial charge in [0.1, 0.15) is 0 Å². The molecule has 1 aliphatic heterocycles. The molecule has 1 heterocycles. The SMILES string of the molecule is CCNC(=O)[C@@H]1CCN(C(=O)c2ccc(CCC(C)(C)O)cc2)C1. The van der Waals surface area contributed by atoms with Gasteiger partial charge in [-0.25, -0.2) is 0 Å². The zero-order chi connectivity index (χ0) is 17.7. The molecule has 132 valence electrons. The number of amides is 2. The number of rotatable bonds is 6. The molecule has 5 nitrogen and oxygen atoms in total. The zero-order valence-electron chi connectivity index (χ0n) is 14.8. The van der Waals surface area contributed by atoms with Gasteiger partial charge in [0.05, 0.1) is 11.5 Å². The smallest absolute Gasteiger partial charge is 0.253 e. The van der Waals surface area contributed by atoms with Gasteiger partial charge in [0.2, 0.25) is 5.91 Å². The molecule has 1 fully saturated rings. The van der Waals surface area contributed by atoms with Crippen molar-refractivity contribution in [3.8, 4) is 0 Å². The molecule has 0 bridgehead atoms. The van der Waals surface area contributed by atoms with E-state index in [1.165, 1.54) is 0 Å². The van der Waals surface area contributed by atoms with Crippen LogP contribution in [0.3, 0.4) is 0 Å². The molecule has 2 rings (SSSR count). The average molecular weight is 332 g/mol. The van der Waals surface area contributed by atoms with Crippen LogP contribution in [0.5, 0.6) is 0 Å². The number of carbonyl (C=O) groups is 2. The van der Waals surface area contributed by atoms with Crippen LogP contribution in [-0.4, -0.2) is 47.1 Å². The number of carbonyl (C=O) groups excluding carboxylic acids is 2. The summed E-state index contributed by atoms with van der Waals surface area (Å²) in [5, 5.41) is 12.6. The second kappa shape index (κ2) is 7.79. The Balaban J connectivity index is 1.92. The number of hydrogen-bond donors (Lipinski definition) is 2. The van der Waals surface area contributed by atoms with Gasteiger partial charge in [-0.2, -0.15) is 0 Å². The van der Waals surface area contributed by atoms with E-state index in [-0.39, 0.29) is 17.7 Å². The predicted molar refractivity (Wildman–Crippen MR) is 93.8 cm³/mol. The topological polar surface area (TPSA) is 69.6 Å². The first-order valence-corrected chi connectivity index (χ1v) is 8.68. The van der Waals surface area contributed by atoms with E-state index in [2.05, 4.69) is 5.32 Å². The minimum atomic E-state index is -0.682. The van der Waals surface area contributed by atoms with E-state index in [1.807, 2.05) is 31.2 Å². The normalized spacial score (nSPS) is 17.8. The monoisotopic (exact) mass is 332 g/mol. The van der Waals surface area contributed by atoms with Crippen LogP contribution in [0.4, 0.5) is 0 Å². The van der Waals surface area contributed by atoms with Crippen LogP contribution in [0.15, 0.2) is 24.3 Å². The molecular weight excluding hydrogens is 304 g/mol. The van der Waals surface area contributed by atoms with Crippen molar-refractivity contribution < 1.29 is 14.7 Å². The second-order valence-corrected chi connectivity index (χ2v) is 7.14. The molecule has 1 aromatic carbocycles. The lowest BCUT2D eigenvalue weighted by molar-refractivity contribution is -0.124. The highest BCUT2D eigenvalue weighted by molar-refractivity contribution is 5.95. The third-order valence-electron chi connectivity index (χ3n) is 4.42. The van der Waals surface area contributed by atoms with E-state index in [1.54, 1.807) is 18.7 Å². The summed E-state index contributed by atoms with van der Waals surface area (Å²) in [5.74, 6) is -0.0782. The molecule has 2 amide bonds. The summed E-state index contributed by atoms with van der Waals surface area (Å²) in [6.07, 6.45) is 2.18. The molecule has 0 saturated carbocycles. The Morgan fingerprint density at radius 1 is 1.29 bits per heavy atom. The molecule has 0 spiro atoms. The molecule has 0 aliphatic carbocycles. The van der Waals surface area contributed by atoms with Crippen LogP contribution < -0.4 is 5.32 Å². The number of aryl methyl sites for hydroxylation is 1. The molecule has 0 aromatic heterocycles. The van der Waals surface area contributed by atoms with Crippen molar-refractivity contribution in [3.05, 3.63) is 35.4 Å². The van der Waals surface area contributed by atoms with Crippen LogP contribution in [0.1, 0.15) is 49.5 Å². The van der Waals surface area contributed by atoms with Gasteiger partial charge in [-0.15, -0.1) is 0 Å². The lowest BCUT2D eigenvalue weighted by atomic mass is 9.98. The summed E-state index contributed by atoms with van der Waals surface area (Å²) in [4.78, 5) is 26.2. The molecule has 0 radical (unpaired) electrons. The minimum absolute atomic E-state index is 0.0177. The fourth-order valence-electron chi connectivity index (χ4n) is 2.92. The lowest BCUT2D eigenvalue weighted by Gasteiger charge is -2.18. The van der Waals surface area contributed by atoms with E-state index in [4.69, 9.17) is 0 Å². The molecule has 24 heavy (non-hydrogen) atoms. The molecule has 5 heteroatoms. The summed E-state index contributed by atoms with van der Waals surface area (Å²) < 4.78 is 0. The van der Waals surface area contributed by atoms with Crippen molar-refractivity contribution in [2.75, 3.05) is 19.6 Å². The van der Waals surface area contributed by atoms with E-state index in [0.717, 1.165) is 18.4 Å². The highest BCUT2D eigenvalue weighted by atomic mass is 16.3. The van der Waals surface area contributed by atoms with Gasteiger partial charge in [0, 0.05) is 25.2 Å². The Bertz CT molecular complexity index is 575. The van der Waals surface area contributed by atoms with Crippen LogP contribution >= 0.6 is 0 Å². The molecule has 1 atom stereocenters. The maximum absolute atomic E-state index is 12.6. The Kier molecular flexibility index (Phi) is 5.99. The highest BCUT2D eigenvalue weighted by Gasteiger charge is 2.31. The van der Waals surface area contributed by atoms with Crippen molar-refractivity contribution in [1.29, 1.82) is 0 Å². The Morgan fingerprint density at radius 3 is 2.54 bits per heavy atom. The summed E-state index contributed by atoms with van der Waals surface area (Å²) in [6, 6.07) is 7.55. The third-order valence-corrected chi connectivity index (χ3v) is 4.42. The van der Waals surface area contributed by atoms with Gasteiger partial charge < -0.3 is 15.3 Å². The van der Waals surface area contributed by atoms with Crippen molar-refractivity contribution >= 4 is 11.8 Å². The molecule has 1 aliphatic rings. The molecule has 1 saturated heterocycles. The number of likely N-dealkylation sites (tertiary alicyclic amines) is 1.